The Balaban J connectivity index is 2.06. The molecular formula is C21H26N2O7. The summed E-state index contributed by atoms with van der Waals surface area (Å²) in [5.41, 5.74) is 0.500. The van der Waals surface area contributed by atoms with Crippen LogP contribution in [0.5, 0.6) is 5.75 Å². The van der Waals surface area contributed by atoms with Gasteiger partial charge in [0.2, 0.25) is 11.8 Å². The molecule has 3 N–H and O–H groups in total. The van der Waals surface area contributed by atoms with Crippen LogP contribution in [0.4, 0.5) is 0 Å². The first-order valence-electron chi connectivity index (χ1n) is 9.57. The van der Waals surface area contributed by atoms with Gasteiger partial charge in [-0.05, 0) is 30.5 Å². The lowest BCUT2D eigenvalue weighted by atomic mass is 9.99. The van der Waals surface area contributed by atoms with E-state index in [1.54, 1.807) is 32.0 Å². The number of benzene rings is 1. The lowest BCUT2D eigenvalue weighted by Gasteiger charge is -2.20. The summed E-state index contributed by atoms with van der Waals surface area (Å²) in [6, 6.07) is 4.02. The van der Waals surface area contributed by atoms with Crippen LogP contribution in [-0.2, 0) is 20.8 Å². The lowest BCUT2D eigenvalue weighted by molar-refractivity contribution is -0.143. The molecule has 0 fully saturated rings. The Morgan fingerprint density at radius 1 is 1.23 bits per heavy atom. The number of carboxylic acid groups (broad SMARTS) is 1. The molecule has 0 saturated carbocycles. The van der Waals surface area contributed by atoms with Crippen molar-refractivity contribution in [1.29, 1.82) is 0 Å². The highest BCUT2D eigenvalue weighted by Crippen LogP contribution is 2.24. The van der Waals surface area contributed by atoms with Gasteiger partial charge < -0.3 is 24.9 Å². The average molecular weight is 418 g/mol. The molecule has 0 aliphatic rings. The minimum absolute atomic E-state index is 0.189. The minimum atomic E-state index is -1.13. The van der Waals surface area contributed by atoms with E-state index in [1.165, 1.54) is 7.11 Å². The first kappa shape index (κ1) is 22.9. The molecule has 0 bridgehead atoms. The zero-order chi connectivity index (χ0) is 22.4. The van der Waals surface area contributed by atoms with E-state index in [-0.39, 0.29) is 17.9 Å². The number of hydrogen-bond acceptors (Lipinski definition) is 6. The molecule has 30 heavy (non-hydrogen) atoms. The zero-order valence-electron chi connectivity index (χ0n) is 17.4. The zero-order valence-corrected chi connectivity index (χ0v) is 17.4. The minimum Gasteiger partial charge on any atom is -0.497 e. The number of aryl methyl sites for hydroxylation is 1. The molecule has 0 aliphatic heterocycles. The van der Waals surface area contributed by atoms with Crippen LogP contribution < -0.4 is 21.0 Å². The predicted molar refractivity (Wildman–Crippen MR) is 110 cm³/mol. The largest absolute Gasteiger partial charge is 0.497 e. The van der Waals surface area contributed by atoms with Crippen LogP contribution in [-0.4, -0.2) is 42.6 Å². The second kappa shape index (κ2) is 9.91. The number of ether oxygens (including phenoxy) is 1. The summed E-state index contributed by atoms with van der Waals surface area (Å²) in [4.78, 5) is 47.9. The third-order valence-corrected chi connectivity index (χ3v) is 5.07. The third kappa shape index (κ3) is 5.37. The number of rotatable bonds is 9. The Bertz CT molecular complexity index is 1010. The van der Waals surface area contributed by atoms with Gasteiger partial charge in [0.25, 0.3) is 0 Å². The number of fused-ring (bicyclic) bond motifs is 1. The molecular weight excluding hydrogens is 392 g/mol. The fraction of sp³-hybridized carbons (Fsp3) is 0.429. The molecule has 2 aromatic rings. The fourth-order valence-corrected chi connectivity index (χ4v) is 3.02. The van der Waals surface area contributed by atoms with Crippen molar-refractivity contribution in [1.82, 2.24) is 10.6 Å². The Labute approximate surface area is 173 Å². The van der Waals surface area contributed by atoms with Crippen LogP contribution >= 0.6 is 0 Å². The summed E-state index contributed by atoms with van der Waals surface area (Å²) in [5.74, 6) is -2.02. The van der Waals surface area contributed by atoms with Crippen molar-refractivity contribution in [3.63, 3.8) is 0 Å². The fourth-order valence-electron chi connectivity index (χ4n) is 3.02. The van der Waals surface area contributed by atoms with E-state index in [0.29, 0.717) is 28.7 Å². The summed E-state index contributed by atoms with van der Waals surface area (Å²) in [6.07, 6.45) is 0.309. The van der Waals surface area contributed by atoms with E-state index < -0.39 is 36.0 Å². The van der Waals surface area contributed by atoms with Gasteiger partial charge >= 0.3 is 11.6 Å². The SMILES string of the molecule is CC[C@H](C)[C@@H](NC(=O)CNC(=O)Cc1c(C)c2ccc(OC)cc2oc1=O)C(=O)O. The summed E-state index contributed by atoms with van der Waals surface area (Å²) >= 11 is 0. The lowest BCUT2D eigenvalue weighted by Crippen LogP contribution is -2.48. The van der Waals surface area contributed by atoms with Gasteiger partial charge in [-0.3, -0.25) is 9.59 Å². The highest BCUT2D eigenvalue weighted by Gasteiger charge is 2.25. The molecule has 0 saturated heterocycles. The van der Waals surface area contributed by atoms with E-state index >= 15 is 0 Å². The normalized spacial score (nSPS) is 12.8. The Hall–Kier alpha value is -3.36. The number of carbonyl (C=O) groups is 3. The molecule has 2 amide bonds. The smallest absolute Gasteiger partial charge is 0.340 e. The van der Waals surface area contributed by atoms with Crippen LogP contribution in [0.3, 0.4) is 0 Å². The monoisotopic (exact) mass is 418 g/mol. The van der Waals surface area contributed by atoms with Crippen molar-refractivity contribution in [3.8, 4) is 5.75 Å². The van der Waals surface area contributed by atoms with Crippen LogP contribution in [0.1, 0.15) is 31.4 Å². The van der Waals surface area contributed by atoms with Gasteiger partial charge in [0, 0.05) is 11.5 Å². The Kier molecular flexibility index (Phi) is 7.57. The van der Waals surface area contributed by atoms with Gasteiger partial charge in [0.1, 0.15) is 17.4 Å². The van der Waals surface area contributed by atoms with Crippen molar-refractivity contribution in [2.75, 3.05) is 13.7 Å². The Morgan fingerprint density at radius 2 is 1.93 bits per heavy atom. The van der Waals surface area contributed by atoms with E-state index in [2.05, 4.69) is 10.6 Å². The van der Waals surface area contributed by atoms with Gasteiger partial charge in [-0.2, -0.15) is 0 Å². The van der Waals surface area contributed by atoms with Gasteiger partial charge in [-0.1, -0.05) is 20.3 Å². The summed E-state index contributed by atoms with van der Waals surface area (Å²) in [5, 5.41) is 14.7. The second-order valence-electron chi connectivity index (χ2n) is 7.08. The standard InChI is InChI=1S/C21H26N2O7/c1-5-11(2)19(20(26)27)23-18(25)10-22-17(24)9-15-12(3)14-7-6-13(29-4)8-16(14)30-21(15)28/h6-8,11,19H,5,9-10H2,1-4H3,(H,22,24)(H,23,25)(H,26,27)/t11-,19+/m0/s1. The maximum atomic E-state index is 12.3. The molecule has 0 radical (unpaired) electrons. The van der Waals surface area contributed by atoms with Gasteiger partial charge in [0.05, 0.1) is 25.6 Å². The van der Waals surface area contributed by atoms with Crippen LogP contribution in [0.25, 0.3) is 11.0 Å². The van der Waals surface area contributed by atoms with E-state index in [9.17, 15) is 24.3 Å². The van der Waals surface area contributed by atoms with Gasteiger partial charge in [0.15, 0.2) is 0 Å². The number of carbonyl (C=O) groups excluding carboxylic acids is 2. The maximum Gasteiger partial charge on any atom is 0.340 e. The van der Waals surface area contributed by atoms with Gasteiger partial charge in [-0.25, -0.2) is 9.59 Å². The van der Waals surface area contributed by atoms with Crippen molar-refractivity contribution in [2.45, 2.75) is 39.7 Å². The number of amides is 2. The van der Waals surface area contributed by atoms with Crippen LogP contribution in [0.15, 0.2) is 27.4 Å². The number of nitrogens with one attached hydrogen (secondary N) is 2. The second-order valence-corrected chi connectivity index (χ2v) is 7.08. The molecule has 2 atom stereocenters. The molecule has 1 aromatic heterocycles. The van der Waals surface area contributed by atoms with Crippen LogP contribution in [0.2, 0.25) is 0 Å². The summed E-state index contributed by atoms with van der Waals surface area (Å²) in [6.45, 7) is 4.86. The molecule has 2 rings (SSSR count). The van der Waals surface area contributed by atoms with E-state index in [1.807, 2.05) is 6.92 Å². The van der Waals surface area contributed by atoms with E-state index in [4.69, 9.17) is 9.15 Å². The molecule has 9 nitrogen and oxygen atoms in total. The number of methoxy groups -OCH3 is 1. The van der Waals surface area contributed by atoms with E-state index in [0.717, 1.165) is 0 Å². The number of carboxylic acids is 1. The quantitative estimate of drug-likeness (QED) is 0.524. The highest BCUT2D eigenvalue weighted by molar-refractivity contribution is 5.89. The molecule has 0 aliphatic carbocycles. The molecule has 1 aromatic carbocycles. The maximum absolute atomic E-state index is 12.3. The summed E-state index contributed by atoms with van der Waals surface area (Å²) in [7, 11) is 1.50. The van der Waals surface area contributed by atoms with Gasteiger partial charge in [-0.15, -0.1) is 0 Å². The molecule has 0 spiro atoms. The van der Waals surface area contributed by atoms with Crippen molar-refractivity contribution >= 4 is 28.8 Å². The first-order valence-corrected chi connectivity index (χ1v) is 9.57. The molecule has 1 heterocycles. The van der Waals surface area contributed by atoms with Crippen LogP contribution in [0, 0.1) is 12.8 Å². The van der Waals surface area contributed by atoms with Crippen molar-refractivity contribution < 1.29 is 28.6 Å². The third-order valence-electron chi connectivity index (χ3n) is 5.07. The highest BCUT2D eigenvalue weighted by atomic mass is 16.5. The molecule has 9 heteroatoms. The topological polar surface area (TPSA) is 135 Å². The first-order chi connectivity index (χ1) is 14.2. The average Bonchev–Trinajstić information content (AvgIpc) is 2.72. The summed E-state index contributed by atoms with van der Waals surface area (Å²) < 4.78 is 10.4. The Morgan fingerprint density at radius 3 is 2.53 bits per heavy atom. The predicted octanol–water partition coefficient (Wildman–Crippen LogP) is 1.38. The number of aliphatic carboxylic acids is 1. The molecule has 162 valence electrons. The number of hydrogen-bond donors (Lipinski definition) is 3. The van der Waals surface area contributed by atoms with Crippen molar-refractivity contribution in [3.05, 3.63) is 39.7 Å². The molecule has 0 unspecified atom stereocenters. The van der Waals surface area contributed by atoms with Crippen molar-refractivity contribution in [2.24, 2.45) is 5.92 Å².